The average molecular weight is 286 g/mol. The summed E-state index contributed by atoms with van der Waals surface area (Å²) in [6, 6.07) is 7.73. The second-order valence-corrected chi connectivity index (χ2v) is 6.00. The Labute approximate surface area is 124 Å². The number of aromatic amines is 1. The molecule has 1 saturated heterocycles. The van der Waals surface area contributed by atoms with Crippen LogP contribution in [0, 0.1) is 5.92 Å². The van der Waals surface area contributed by atoms with E-state index >= 15 is 0 Å². The fourth-order valence-electron chi connectivity index (χ4n) is 3.06. The predicted octanol–water partition coefficient (Wildman–Crippen LogP) is 1.48. The van der Waals surface area contributed by atoms with Gasteiger partial charge in [0.05, 0.1) is 17.4 Å². The van der Waals surface area contributed by atoms with Gasteiger partial charge in [-0.2, -0.15) is 0 Å². The molecule has 2 heterocycles. The first-order valence-corrected chi connectivity index (χ1v) is 7.59. The van der Waals surface area contributed by atoms with Crippen molar-refractivity contribution < 1.29 is 0 Å². The van der Waals surface area contributed by atoms with Crippen molar-refractivity contribution in [2.75, 3.05) is 13.1 Å². The van der Waals surface area contributed by atoms with Crippen LogP contribution in [-0.4, -0.2) is 34.0 Å². The number of benzene rings is 1. The number of nitrogens with two attached hydrogens (primary N) is 1. The molecule has 0 aliphatic carbocycles. The summed E-state index contributed by atoms with van der Waals surface area (Å²) in [6.07, 6.45) is 2.24. The van der Waals surface area contributed by atoms with Crippen molar-refractivity contribution in [3.05, 3.63) is 40.4 Å². The van der Waals surface area contributed by atoms with Gasteiger partial charge in [0.1, 0.15) is 5.82 Å². The van der Waals surface area contributed by atoms with Gasteiger partial charge in [0.15, 0.2) is 0 Å². The van der Waals surface area contributed by atoms with E-state index in [1.54, 1.807) is 6.07 Å². The lowest BCUT2D eigenvalue weighted by molar-refractivity contribution is 0.162. The van der Waals surface area contributed by atoms with E-state index in [4.69, 9.17) is 5.73 Å². The van der Waals surface area contributed by atoms with Crippen LogP contribution < -0.4 is 11.3 Å². The number of likely N-dealkylation sites (tertiary alicyclic amines) is 1. The number of H-pyrrole nitrogens is 1. The third-order valence-electron chi connectivity index (χ3n) is 4.41. The van der Waals surface area contributed by atoms with Crippen molar-refractivity contribution in [3.8, 4) is 0 Å². The quantitative estimate of drug-likeness (QED) is 0.896. The molecule has 0 saturated carbocycles. The van der Waals surface area contributed by atoms with Gasteiger partial charge in [0.2, 0.25) is 0 Å². The van der Waals surface area contributed by atoms with E-state index in [1.165, 1.54) is 0 Å². The standard InChI is InChI=1S/C16H22N4O/c1-11(17)12-6-8-20(9-7-12)10-15-18-14-5-3-2-4-13(14)16(21)19-15/h2-5,11-12H,6-10,17H2,1H3,(H,18,19,21). The smallest absolute Gasteiger partial charge is 0.258 e. The predicted molar refractivity (Wildman–Crippen MR) is 84.0 cm³/mol. The molecular weight excluding hydrogens is 264 g/mol. The fraction of sp³-hybridized carbons (Fsp3) is 0.500. The van der Waals surface area contributed by atoms with Crippen LogP contribution >= 0.6 is 0 Å². The Balaban J connectivity index is 1.73. The zero-order valence-corrected chi connectivity index (χ0v) is 12.4. The molecule has 1 unspecified atom stereocenters. The first-order chi connectivity index (χ1) is 10.1. The highest BCUT2D eigenvalue weighted by molar-refractivity contribution is 5.77. The van der Waals surface area contributed by atoms with Crippen LogP contribution in [0.2, 0.25) is 0 Å². The molecule has 0 radical (unpaired) electrons. The second kappa shape index (κ2) is 5.95. The van der Waals surface area contributed by atoms with Crippen molar-refractivity contribution in [1.29, 1.82) is 0 Å². The number of para-hydroxylation sites is 1. The number of rotatable bonds is 3. The molecule has 1 aliphatic rings. The van der Waals surface area contributed by atoms with E-state index < -0.39 is 0 Å². The van der Waals surface area contributed by atoms with Crippen LogP contribution in [0.1, 0.15) is 25.6 Å². The number of fused-ring (bicyclic) bond motifs is 1. The van der Waals surface area contributed by atoms with Gasteiger partial charge in [-0.25, -0.2) is 4.98 Å². The van der Waals surface area contributed by atoms with Crippen LogP contribution in [-0.2, 0) is 6.54 Å². The SMILES string of the molecule is CC(N)C1CCN(Cc2nc3ccccc3c(=O)[nH]2)CC1. The lowest BCUT2D eigenvalue weighted by atomic mass is 9.91. The van der Waals surface area contributed by atoms with Crippen LogP contribution in [0.3, 0.4) is 0 Å². The summed E-state index contributed by atoms with van der Waals surface area (Å²) < 4.78 is 0. The van der Waals surface area contributed by atoms with Crippen molar-refractivity contribution in [2.24, 2.45) is 11.7 Å². The number of nitrogens with one attached hydrogen (secondary N) is 1. The molecule has 5 nitrogen and oxygen atoms in total. The maximum atomic E-state index is 12.1. The van der Waals surface area contributed by atoms with Crippen molar-refractivity contribution >= 4 is 10.9 Å². The maximum absolute atomic E-state index is 12.1. The molecule has 1 aliphatic heterocycles. The second-order valence-electron chi connectivity index (χ2n) is 6.00. The average Bonchev–Trinajstić information content (AvgIpc) is 2.48. The van der Waals surface area contributed by atoms with E-state index in [-0.39, 0.29) is 11.6 Å². The molecule has 1 aromatic carbocycles. The van der Waals surface area contributed by atoms with Crippen LogP contribution in [0.15, 0.2) is 29.1 Å². The van der Waals surface area contributed by atoms with E-state index in [0.717, 1.165) is 37.3 Å². The number of hydrogen-bond donors (Lipinski definition) is 2. The highest BCUT2D eigenvalue weighted by Crippen LogP contribution is 2.20. The Kier molecular flexibility index (Phi) is 4.03. The molecule has 2 aromatic rings. The molecule has 1 fully saturated rings. The van der Waals surface area contributed by atoms with Gasteiger partial charge in [0, 0.05) is 6.04 Å². The summed E-state index contributed by atoms with van der Waals surface area (Å²) in [5, 5.41) is 0.650. The number of piperidine rings is 1. The van der Waals surface area contributed by atoms with Gasteiger partial charge in [0.25, 0.3) is 5.56 Å². The molecule has 112 valence electrons. The van der Waals surface area contributed by atoms with E-state index in [9.17, 15) is 4.79 Å². The third kappa shape index (κ3) is 3.14. The highest BCUT2D eigenvalue weighted by Gasteiger charge is 2.22. The van der Waals surface area contributed by atoms with Crippen molar-refractivity contribution in [3.63, 3.8) is 0 Å². The Morgan fingerprint density at radius 3 is 2.81 bits per heavy atom. The molecule has 0 bridgehead atoms. The van der Waals surface area contributed by atoms with Crippen molar-refractivity contribution in [2.45, 2.75) is 32.4 Å². The van der Waals surface area contributed by atoms with Crippen molar-refractivity contribution in [1.82, 2.24) is 14.9 Å². The summed E-state index contributed by atoms with van der Waals surface area (Å²) in [5.74, 6) is 1.36. The Morgan fingerprint density at radius 1 is 1.38 bits per heavy atom. The first-order valence-electron chi connectivity index (χ1n) is 7.59. The molecule has 5 heteroatoms. The van der Waals surface area contributed by atoms with Crippen LogP contribution in [0.4, 0.5) is 0 Å². The van der Waals surface area contributed by atoms with Gasteiger partial charge in [-0.3, -0.25) is 9.69 Å². The molecule has 1 aromatic heterocycles. The summed E-state index contributed by atoms with van der Waals surface area (Å²) in [5.41, 5.74) is 6.68. The summed E-state index contributed by atoms with van der Waals surface area (Å²) >= 11 is 0. The molecule has 0 amide bonds. The van der Waals surface area contributed by atoms with Gasteiger partial charge in [-0.1, -0.05) is 12.1 Å². The molecule has 21 heavy (non-hydrogen) atoms. The highest BCUT2D eigenvalue weighted by atomic mass is 16.1. The number of aromatic nitrogens is 2. The van der Waals surface area contributed by atoms with Gasteiger partial charge in [-0.05, 0) is 50.9 Å². The first kappa shape index (κ1) is 14.2. The molecule has 3 N–H and O–H groups in total. The van der Waals surface area contributed by atoms with Gasteiger partial charge >= 0.3 is 0 Å². The minimum atomic E-state index is -0.0546. The van der Waals surface area contributed by atoms with E-state index in [0.29, 0.717) is 17.8 Å². The minimum Gasteiger partial charge on any atom is -0.328 e. The monoisotopic (exact) mass is 286 g/mol. The normalized spacial score (nSPS) is 19.0. The van der Waals surface area contributed by atoms with E-state index in [2.05, 4.69) is 21.8 Å². The lowest BCUT2D eigenvalue weighted by Gasteiger charge is -2.33. The number of nitrogens with zero attached hydrogens (tertiary/aromatic N) is 2. The maximum Gasteiger partial charge on any atom is 0.258 e. The van der Waals surface area contributed by atoms with E-state index in [1.807, 2.05) is 18.2 Å². The largest absolute Gasteiger partial charge is 0.328 e. The van der Waals surface area contributed by atoms with Gasteiger partial charge < -0.3 is 10.7 Å². The summed E-state index contributed by atoms with van der Waals surface area (Å²) in [6.45, 7) is 4.82. The number of hydrogen-bond acceptors (Lipinski definition) is 4. The summed E-state index contributed by atoms with van der Waals surface area (Å²) in [4.78, 5) is 21.9. The lowest BCUT2D eigenvalue weighted by Crippen LogP contribution is -2.39. The molecule has 0 spiro atoms. The van der Waals surface area contributed by atoms with Crippen LogP contribution in [0.25, 0.3) is 10.9 Å². The zero-order valence-electron chi connectivity index (χ0n) is 12.4. The Morgan fingerprint density at radius 2 is 2.10 bits per heavy atom. The molecular formula is C16H22N4O. The topological polar surface area (TPSA) is 75.0 Å². The van der Waals surface area contributed by atoms with Crippen LogP contribution in [0.5, 0.6) is 0 Å². The summed E-state index contributed by atoms with van der Waals surface area (Å²) in [7, 11) is 0. The Hall–Kier alpha value is -1.72. The third-order valence-corrected chi connectivity index (χ3v) is 4.41. The fourth-order valence-corrected chi connectivity index (χ4v) is 3.06. The molecule has 1 atom stereocenters. The zero-order chi connectivity index (χ0) is 14.8. The van der Waals surface area contributed by atoms with Gasteiger partial charge in [-0.15, -0.1) is 0 Å². The molecule has 3 rings (SSSR count). The minimum absolute atomic E-state index is 0.0546. The Bertz CT molecular complexity index is 671.